The monoisotopic (exact) mass is 238 g/mol. The number of anilines is 1. The first kappa shape index (κ1) is 11.9. The van der Waals surface area contributed by atoms with Gasteiger partial charge in [-0.2, -0.15) is 0 Å². The predicted molar refractivity (Wildman–Crippen MR) is 62.4 cm³/mol. The molecule has 2 rings (SSSR count). The molecule has 0 saturated carbocycles. The molecule has 1 aliphatic heterocycles. The molecule has 1 saturated heterocycles. The second-order valence-corrected chi connectivity index (χ2v) is 4.17. The van der Waals surface area contributed by atoms with Gasteiger partial charge in [0.15, 0.2) is 0 Å². The number of primary amides is 1. The van der Waals surface area contributed by atoms with E-state index in [0.717, 1.165) is 6.42 Å². The highest BCUT2D eigenvalue weighted by molar-refractivity contribution is 5.93. The van der Waals surface area contributed by atoms with Crippen molar-refractivity contribution in [3.05, 3.63) is 29.6 Å². The summed E-state index contributed by atoms with van der Waals surface area (Å²) in [4.78, 5) is 11.0. The Morgan fingerprint density at radius 1 is 1.59 bits per heavy atom. The number of hydrogen-bond donors (Lipinski definition) is 2. The first-order chi connectivity index (χ1) is 8.08. The predicted octanol–water partition coefficient (Wildman–Crippen LogP) is 1.51. The third kappa shape index (κ3) is 2.55. The van der Waals surface area contributed by atoms with E-state index < -0.39 is 11.7 Å². The second kappa shape index (κ2) is 4.71. The fourth-order valence-corrected chi connectivity index (χ4v) is 1.91. The Labute approximate surface area is 98.9 Å². The van der Waals surface area contributed by atoms with Gasteiger partial charge in [-0.05, 0) is 31.5 Å². The number of amides is 1. The lowest BCUT2D eigenvalue weighted by Crippen LogP contribution is -2.27. The largest absolute Gasteiger partial charge is 0.377 e. The third-order valence-corrected chi connectivity index (χ3v) is 2.97. The minimum absolute atomic E-state index is 0.0339. The molecular formula is C12H15FN2O2. The second-order valence-electron chi connectivity index (χ2n) is 4.17. The molecule has 0 aliphatic carbocycles. The maximum Gasteiger partial charge on any atom is 0.248 e. The van der Waals surface area contributed by atoms with Crippen molar-refractivity contribution in [2.24, 2.45) is 5.73 Å². The standard InChI is InChI=1S/C12H15FN2O2/c1-7-10(4-5-17-7)15-11-6-8(12(14)16)2-3-9(11)13/h2-3,6-7,10,15H,4-5H2,1H3,(H2,14,16). The highest BCUT2D eigenvalue weighted by Gasteiger charge is 2.24. The van der Waals surface area contributed by atoms with Crippen molar-refractivity contribution in [3.63, 3.8) is 0 Å². The molecule has 17 heavy (non-hydrogen) atoms. The van der Waals surface area contributed by atoms with Gasteiger partial charge in [-0.3, -0.25) is 4.79 Å². The fraction of sp³-hybridized carbons (Fsp3) is 0.417. The Kier molecular flexibility index (Phi) is 3.28. The lowest BCUT2D eigenvalue weighted by atomic mass is 10.1. The van der Waals surface area contributed by atoms with Crippen molar-refractivity contribution in [3.8, 4) is 0 Å². The molecule has 0 spiro atoms. The summed E-state index contributed by atoms with van der Waals surface area (Å²) in [6.07, 6.45) is 0.855. The number of hydrogen-bond acceptors (Lipinski definition) is 3. The number of nitrogens with two attached hydrogens (primary N) is 1. The fourth-order valence-electron chi connectivity index (χ4n) is 1.91. The van der Waals surface area contributed by atoms with Crippen LogP contribution in [0.15, 0.2) is 18.2 Å². The van der Waals surface area contributed by atoms with Gasteiger partial charge in [-0.25, -0.2) is 4.39 Å². The van der Waals surface area contributed by atoms with Gasteiger partial charge in [-0.1, -0.05) is 0 Å². The van der Waals surface area contributed by atoms with E-state index >= 15 is 0 Å². The van der Waals surface area contributed by atoms with Crippen molar-refractivity contribution in [1.29, 1.82) is 0 Å². The maximum absolute atomic E-state index is 13.6. The quantitative estimate of drug-likeness (QED) is 0.839. The van der Waals surface area contributed by atoms with Crippen LogP contribution in [0, 0.1) is 5.82 Å². The van der Waals surface area contributed by atoms with Crippen molar-refractivity contribution in [1.82, 2.24) is 0 Å². The van der Waals surface area contributed by atoms with Crippen LogP contribution >= 0.6 is 0 Å². The van der Waals surface area contributed by atoms with Gasteiger partial charge >= 0.3 is 0 Å². The average Bonchev–Trinajstić information content (AvgIpc) is 2.67. The highest BCUT2D eigenvalue weighted by atomic mass is 19.1. The molecule has 1 fully saturated rings. The van der Waals surface area contributed by atoms with E-state index in [1.165, 1.54) is 18.2 Å². The molecule has 2 unspecified atom stereocenters. The van der Waals surface area contributed by atoms with E-state index in [1.807, 2.05) is 6.92 Å². The molecule has 1 aromatic rings. The molecule has 1 amide bonds. The van der Waals surface area contributed by atoms with Crippen LogP contribution < -0.4 is 11.1 Å². The van der Waals surface area contributed by atoms with Gasteiger partial charge in [-0.15, -0.1) is 0 Å². The van der Waals surface area contributed by atoms with Crippen LogP contribution in [-0.2, 0) is 4.74 Å². The molecular weight excluding hydrogens is 223 g/mol. The van der Waals surface area contributed by atoms with Crippen LogP contribution in [0.1, 0.15) is 23.7 Å². The molecule has 3 N–H and O–H groups in total. The van der Waals surface area contributed by atoms with Gasteiger partial charge in [0.2, 0.25) is 5.91 Å². The minimum Gasteiger partial charge on any atom is -0.377 e. The minimum atomic E-state index is -0.566. The summed E-state index contributed by atoms with van der Waals surface area (Å²) < 4.78 is 18.9. The number of nitrogens with one attached hydrogen (secondary N) is 1. The van der Waals surface area contributed by atoms with Gasteiger partial charge in [0.05, 0.1) is 17.8 Å². The van der Waals surface area contributed by atoms with Crippen molar-refractivity contribution in [2.75, 3.05) is 11.9 Å². The van der Waals surface area contributed by atoms with Crippen LogP contribution in [0.2, 0.25) is 0 Å². The van der Waals surface area contributed by atoms with E-state index in [-0.39, 0.29) is 12.1 Å². The summed E-state index contributed by atoms with van der Waals surface area (Å²) in [6, 6.07) is 4.11. The lowest BCUT2D eigenvalue weighted by Gasteiger charge is -2.18. The van der Waals surface area contributed by atoms with Crippen LogP contribution in [0.5, 0.6) is 0 Å². The van der Waals surface area contributed by atoms with E-state index in [1.54, 1.807) is 0 Å². The summed E-state index contributed by atoms with van der Waals surface area (Å²) in [6.45, 7) is 2.59. The first-order valence-electron chi connectivity index (χ1n) is 5.55. The average molecular weight is 238 g/mol. The molecule has 5 heteroatoms. The highest BCUT2D eigenvalue weighted by Crippen LogP contribution is 2.22. The summed E-state index contributed by atoms with van der Waals surface area (Å²) in [7, 11) is 0. The van der Waals surface area contributed by atoms with E-state index in [9.17, 15) is 9.18 Å². The normalized spacial score (nSPS) is 23.6. The van der Waals surface area contributed by atoms with Crippen LogP contribution in [0.3, 0.4) is 0 Å². The van der Waals surface area contributed by atoms with Crippen molar-refractivity contribution in [2.45, 2.75) is 25.5 Å². The van der Waals surface area contributed by atoms with Gasteiger partial charge in [0.1, 0.15) is 5.82 Å². The van der Waals surface area contributed by atoms with Crippen molar-refractivity contribution < 1.29 is 13.9 Å². The molecule has 4 nitrogen and oxygen atoms in total. The summed E-state index contributed by atoms with van der Waals surface area (Å²) >= 11 is 0. The van der Waals surface area contributed by atoms with E-state index in [2.05, 4.69) is 5.32 Å². The van der Waals surface area contributed by atoms with Gasteiger partial charge in [0, 0.05) is 12.2 Å². The number of ether oxygens (including phenoxy) is 1. The lowest BCUT2D eigenvalue weighted by molar-refractivity contribution is 0.100. The van der Waals surface area contributed by atoms with Gasteiger partial charge in [0.25, 0.3) is 0 Å². The smallest absolute Gasteiger partial charge is 0.248 e. The zero-order chi connectivity index (χ0) is 12.4. The summed E-state index contributed by atoms with van der Waals surface area (Å²) in [5.74, 6) is -0.960. The van der Waals surface area contributed by atoms with Crippen molar-refractivity contribution >= 4 is 11.6 Å². The third-order valence-electron chi connectivity index (χ3n) is 2.97. The zero-order valence-electron chi connectivity index (χ0n) is 9.57. The Morgan fingerprint density at radius 3 is 2.94 bits per heavy atom. The SMILES string of the molecule is CC1OCCC1Nc1cc(C(N)=O)ccc1F. The molecule has 0 aromatic heterocycles. The molecule has 1 aliphatic rings. The zero-order valence-corrected chi connectivity index (χ0v) is 9.57. The molecule has 92 valence electrons. The van der Waals surface area contributed by atoms with Crippen LogP contribution in [-0.4, -0.2) is 24.7 Å². The van der Waals surface area contributed by atoms with Crippen LogP contribution in [0.4, 0.5) is 10.1 Å². The molecule has 1 aromatic carbocycles. The Balaban J connectivity index is 2.19. The number of carbonyl (C=O) groups excluding carboxylic acids is 1. The Bertz CT molecular complexity index is 437. The molecule has 2 atom stereocenters. The summed E-state index contributed by atoms with van der Waals surface area (Å²) in [5.41, 5.74) is 5.74. The number of carbonyl (C=O) groups is 1. The van der Waals surface area contributed by atoms with E-state index in [0.29, 0.717) is 17.9 Å². The summed E-state index contributed by atoms with van der Waals surface area (Å²) in [5, 5.41) is 3.05. The van der Waals surface area contributed by atoms with Gasteiger partial charge < -0.3 is 15.8 Å². The molecule has 0 radical (unpaired) electrons. The Morgan fingerprint density at radius 2 is 2.35 bits per heavy atom. The molecule has 1 heterocycles. The van der Waals surface area contributed by atoms with Crippen LogP contribution in [0.25, 0.3) is 0 Å². The molecule has 0 bridgehead atoms. The number of benzene rings is 1. The number of halogens is 1. The van der Waals surface area contributed by atoms with E-state index in [4.69, 9.17) is 10.5 Å². The first-order valence-corrected chi connectivity index (χ1v) is 5.55. The maximum atomic E-state index is 13.6. The topological polar surface area (TPSA) is 64.3 Å². The Hall–Kier alpha value is -1.62. The number of rotatable bonds is 3.